The van der Waals surface area contributed by atoms with E-state index < -0.39 is 4.75 Å². The minimum atomic E-state index is -0.960. The molecular weight excluding hydrogens is 386 g/mol. The molecule has 0 fully saturated rings. The maximum absolute atomic E-state index is 13.0. The highest BCUT2D eigenvalue weighted by molar-refractivity contribution is 8.00. The molecule has 0 aliphatic carbocycles. The summed E-state index contributed by atoms with van der Waals surface area (Å²) < 4.78 is 11.5. The molecule has 3 aromatic rings. The predicted molar refractivity (Wildman–Crippen MR) is 115 cm³/mol. The molecule has 0 saturated heterocycles. The standard InChI is InChI=1S/C23H25NO4S/c1-4-27-21(25)16-24-19-14-10-9-11-17(19)15-20(24)29-23(3,22(26)28-5-2)18-12-7-6-8-13-18/h6-15H,4-5,16H2,1-3H3. The molecule has 1 heterocycles. The zero-order valence-corrected chi connectivity index (χ0v) is 17.7. The molecule has 0 aliphatic rings. The Morgan fingerprint density at radius 3 is 2.31 bits per heavy atom. The van der Waals surface area contributed by atoms with Gasteiger partial charge in [0.05, 0.1) is 18.2 Å². The van der Waals surface area contributed by atoms with Gasteiger partial charge in [-0.2, -0.15) is 0 Å². The molecule has 0 aliphatic heterocycles. The molecule has 5 nitrogen and oxygen atoms in total. The topological polar surface area (TPSA) is 57.5 Å². The van der Waals surface area contributed by atoms with Crippen LogP contribution in [0.5, 0.6) is 0 Å². The fourth-order valence-electron chi connectivity index (χ4n) is 3.22. The van der Waals surface area contributed by atoms with Crippen molar-refractivity contribution in [2.45, 2.75) is 37.1 Å². The van der Waals surface area contributed by atoms with E-state index in [9.17, 15) is 9.59 Å². The number of carbonyl (C=O) groups excluding carboxylic acids is 2. The molecule has 152 valence electrons. The van der Waals surface area contributed by atoms with Crippen LogP contribution in [-0.4, -0.2) is 29.7 Å². The zero-order valence-electron chi connectivity index (χ0n) is 16.9. The van der Waals surface area contributed by atoms with Crippen LogP contribution < -0.4 is 0 Å². The molecule has 1 unspecified atom stereocenters. The first-order chi connectivity index (χ1) is 14.0. The van der Waals surface area contributed by atoms with Crippen LogP contribution >= 0.6 is 11.8 Å². The van der Waals surface area contributed by atoms with E-state index in [1.165, 1.54) is 11.8 Å². The van der Waals surface area contributed by atoms with Crippen LogP contribution in [0.1, 0.15) is 26.3 Å². The summed E-state index contributed by atoms with van der Waals surface area (Å²) in [7, 11) is 0. The quantitative estimate of drug-likeness (QED) is 0.395. The van der Waals surface area contributed by atoms with Gasteiger partial charge in [-0.05, 0) is 38.5 Å². The Morgan fingerprint density at radius 1 is 0.966 bits per heavy atom. The normalized spacial score (nSPS) is 13.1. The lowest BCUT2D eigenvalue weighted by atomic mass is 10.0. The molecule has 0 spiro atoms. The number of carbonyl (C=O) groups is 2. The third-order valence-corrected chi connectivity index (χ3v) is 6.02. The number of nitrogens with zero attached hydrogens (tertiary/aromatic N) is 1. The van der Waals surface area contributed by atoms with Gasteiger partial charge in [-0.25, -0.2) is 0 Å². The lowest BCUT2D eigenvalue weighted by Crippen LogP contribution is -2.31. The molecule has 2 aromatic carbocycles. The lowest BCUT2D eigenvalue weighted by molar-refractivity contribution is -0.146. The molecule has 0 saturated carbocycles. The van der Waals surface area contributed by atoms with Crippen molar-refractivity contribution in [3.8, 4) is 0 Å². The molecule has 29 heavy (non-hydrogen) atoms. The van der Waals surface area contributed by atoms with Gasteiger partial charge in [0, 0.05) is 10.9 Å². The first-order valence-electron chi connectivity index (χ1n) is 9.65. The van der Waals surface area contributed by atoms with E-state index in [0.717, 1.165) is 21.5 Å². The molecular formula is C23H25NO4S. The number of hydrogen-bond donors (Lipinski definition) is 0. The van der Waals surface area contributed by atoms with Crippen molar-refractivity contribution >= 4 is 34.6 Å². The zero-order chi connectivity index (χ0) is 20.9. The van der Waals surface area contributed by atoms with Crippen molar-refractivity contribution in [2.75, 3.05) is 13.2 Å². The van der Waals surface area contributed by atoms with Crippen molar-refractivity contribution in [1.82, 2.24) is 4.57 Å². The number of thioether (sulfide) groups is 1. The Morgan fingerprint density at radius 2 is 1.62 bits per heavy atom. The molecule has 1 aromatic heterocycles. The predicted octanol–water partition coefficient (Wildman–Crippen LogP) is 4.78. The van der Waals surface area contributed by atoms with E-state index in [4.69, 9.17) is 9.47 Å². The Kier molecular flexibility index (Phi) is 6.64. The summed E-state index contributed by atoms with van der Waals surface area (Å²) in [4.78, 5) is 25.2. The van der Waals surface area contributed by atoms with E-state index in [1.807, 2.05) is 72.2 Å². The second-order valence-electron chi connectivity index (χ2n) is 6.65. The first kappa shape index (κ1) is 21.0. The summed E-state index contributed by atoms with van der Waals surface area (Å²) in [6, 6.07) is 19.4. The first-order valence-corrected chi connectivity index (χ1v) is 10.5. The van der Waals surface area contributed by atoms with Crippen LogP contribution in [0.4, 0.5) is 0 Å². The SMILES string of the molecule is CCOC(=O)Cn1c(SC(C)(C(=O)OCC)c2ccccc2)cc2ccccc21. The minimum absolute atomic E-state index is 0.0807. The van der Waals surface area contributed by atoms with Crippen molar-refractivity contribution in [3.05, 3.63) is 66.2 Å². The number of rotatable bonds is 8. The Bertz CT molecular complexity index is 999. The van der Waals surface area contributed by atoms with Gasteiger partial charge in [-0.15, -0.1) is 0 Å². The molecule has 0 N–H and O–H groups in total. The van der Waals surface area contributed by atoms with Crippen molar-refractivity contribution in [3.63, 3.8) is 0 Å². The van der Waals surface area contributed by atoms with E-state index in [0.29, 0.717) is 13.2 Å². The highest BCUT2D eigenvalue weighted by Crippen LogP contribution is 2.44. The summed E-state index contributed by atoms with van der Waals surface area (Å²) in [5.74, 6) is -0.627. The van der Waals surface area contributed by atoms with Crippen LogP contribution in [0.25, 0.3) is 10.9 Å². The average Bonchev–Trinajstić information content (AvgIpc) is 3.05. The van der Waals surface area contributed by atoms with Gasteiger partial charge in [0.1, 0.15) is 11.3 Å². The Balaban J connectivity index is 2.08. The fourth-order valence-corrected chi connectivity index (χ4v) is 4.49. The maximum atomic E-state index is 13.0. The second-order valence-corrected chi connectivity index (χ2v) is 8.09. The van der Waals surface area contributed by atoms with Gasteiger partial charge in [0.25, 0.3) is 0 Å². The van der Waals surface area contributed by atoms with E-state index >= 15 is 0 Å². The highest BCUT2D eigenvalue weighted by Gasteiger charge is 2.39. The van der Waals surface area contributed by atoms with Gasteiger partial charge in [-0.1, -0.05) is 60.3 Å². The number of benzene rings is 2. The largest absolute Gasteiger partial charge is 0.465 e. The Labute approximate surface area is 175 Å². The van der Waals surface area contributed by atoms with Crippen molar-refractivity contribution in [2.24, 2.45) is 0 Å². The van der Waals surface area contributed by atoms with E-state index in [1.54, 1.807) is 13.8 Å². The molecule has 0 amide bonds. The van der Waals surface area contributed by atoms with E-state index in [-0.39, 0.29) is 18.5 Å². The number of para-hydroxylation sites is 1. The monoisotopic (exact) mass is 411 g/mol. The smallest absolute Gasteiger partial charge is 0.326 e. The number of esters is 2. The third kappa shape index (κ3) is 4.48. The number of fused-ring (bicyclic) bond motifs is 1. The van der Waals surface area contributed by atoms with E-state index in [2.05, 4.69) is 0 Å². The summed E-state index contributed by atoms with van der Waals surface area (Å²) in [5.41, 5.74) is 1.76. The average molecular weight is 412 g/mol. The summed E-state index contributed by atoms with van der Waals surface area (Å²) in [5, 5.41) is 1.80. The number of ether oxygens (including phenoxy) is 2. The van der Waals surface area contributed by atoms with Crippen LogP contribution in [0.15, 0.2) is 65.7 Å². The molecule has 3 rings (SSSR count). The van der Waals surface area contributed by atoms with Gasteiger partial charge >= 0.3 is 11.9 Å². The summed E-state index contributed by atoms with van der Waals surface area (Å²) in [6.45, 7) is 6.15. The van der Waals surface area contributed by atoms with Gasteiger partial charge in [-0.3, -0.25) is 9.59 Å². The van der Waals surface area contributed by atoms with Crippen LogP contribution in [0.3, 0.4) is 0 Å². The lowest BCUT2D eigenvalue weighted by Gasteiger charge is -2.27. The fraction of sp³-hybridized carbons (Fsp3) is 0.304. The van der Waals surface area contributed by atoms with Crippen LogP contribution in [-0.2, 0) is 30.4 Å². The van der Waals surface area contributed by atoms with Crippen LogP contribution in [0.2, 0.25) is 0 Å². The summed E-state index contributed by atoms with van der Waals surface area (Å²) >= 11 is 1.39. The number of aromatic nitrogens is 1. The Hall–Kier alpha value is -2.73. The maximum Gasteiger partial charge on any atom is 0.326 e. The van der Waals surface area contributed by atoms with Gasteiger partial charge in [0.15, 0.2) is 0 Å². The van der Waals surface area contributed by atoms with Gasteiger partial charge in [0.2, 0.25) is 0 Å². The second kappa shape index (κ2) is 9.18. The number of hydrogen-bond acceptors (Lipinski definition) is 5. The molecule has 0 radical (unpaired) electrons. The molecule has 1 atom stereocenters. The van der Waals surface area contributed by atoms with Crippen LogP contribution in [0, 0.1) is 0 Å². The molecule has 0 bridgehead atoms. The van der Waals surface area contributed by atoms with Gasteiger partial charge < -0.3 is 14.0 Å². The van der Waals surface area contributed by atoms with Crippen molar-refractivity contribution in [1.29, 1.82) is 0 Å². The van der Waals surface area contributed by atoms with Crippen molar-refractivity contribution < 1.29 is 19.1 Å². The highest BCUT2D eigenvalue weighted by atomic mass is 32.2. The summed E-state index contributed by atoms with van der Waals surface area (Å²) in [6.07, 6.45) is 0. The minimum Gasteiger partial charge on any atom is -0.465 e. The third-order valence-electron chi connectivity index (χ3n) is 4.66. The molecule has 6 heteroatoms.